The molecule has 0 saturated heterocycles. The molecule has 0 aliphatic heterocycles. The molecule has 3 rings (SSSR count). The van der Waals surface area contributed by atoms with Gasteiger partial charge in [0.05, 0.1) is 5.71 Å². The summed E-state index contributed by atoms with van der Waals surface area (Å²) in [5.74, 6) is 0.487. The van der Waals surface area contributed by atoms with Gasteiger partial charge in [-0.05, 0) is 62.2 Å². The highest BCUT2D eigenvalue weighted by Gasteiger charge is 2.06. The van der Waals surface area contributed by atoms with Crippen LogP contribution in [0, 0.1) is 13.8 Å². The number of carbonyl (C=O) groups excluding carboxylic acids is 1. The number of para-hydroxylation sites is 1. The predicted molar refractivity (Wildman–Crippen MR) is 115 cm³/mol. The summed E-state index contributed by atoms with van der Waals surface area (Å²) in [5, 5.41) is 14.6. The Morgan fingerprint density at radius 3 is 2.53 bits per heavy atom. The Balaban J connectivity index is 1.54. The minimum absolute atomic E-state index is 0.0955. The van der Waals surface area contributed by atoms with Gasteiger partial charge in [0.1, 0.15) is 11.4 Å². The lowest BCUT2D eigenvalue weighted by molar-refractivity contribution is -0.118. The van der Waals surface area contributed by atoms with E-state index in [1.807, 2.05) is 43.3 Å². The first-order valence-corrected chi connectivity index (χ1v) is 9.25. The molecule has 0 aliphatic carbocycles. The number of aryl methyl sites for hydroxylation is 2. The largest absolute Gasteiger partial charge is 0.484 e. The molecule has 3 aromatic rings. The quantitative estimate of drug-likeness (QED) is 0.410. The number of carbonyl (C=O) groups is 1. The molecule has 0 bridgehead atoms. The van der Waals surface area contributed by atoms with Gasteiger partial charge in [-0.2, -0.15) is 5.10 Å². The van der Waals surface area contributed by atoms with Crippen LogP contribution < -0.4 is 21.0 Å². The molecule has 9 heteroatoms. The summed E-state index contributed by atoms with van der Waals surface area (Å²) in [6.45, 7) is 5.21. The van der Waals surface area contributed by atoms with Crippen molar-refractivity contribution in [3.8, 4) is 5.75 Å². The molecular formula is C21H22N6O3. The van der Waals surface area contributed by atoms with Crippen LogP contribution >= 0.6 is 0 Å². The zero-order valence-electron chi connectivity index (χ0n) is 16.9. The van der Waals surface area contributed by atoms with E-state index in [2.05, 4.69) is 31.0 Å². The normalized spacial score (nSPS) is 11.1. The van der Waals surface area contributed by atoms with Gasteiger partial charge in [0, 0.05) is 5.69 Å². The highest BCUT2D eigenvalue weighted by atomic mass is 16.5. The van der Waals surface area contributed by atoms with Crippen LogP contribution in [0.1, 0.15) is 23.7 Å². The van der Waals surface area contributed by atoms with Crippen LogP contribution in [0.5, 0.6) is 5.75 Å². The van der Waals surface area contributed by atoms with Gasteiger partial charge in [-0.15, -0.1) is 10.2 Å². The van der Waals surface area contributed by atoms with Crippen molar-refractivity contribution in [3.63, 3.8) is 0 Å². The number of hydrogen-bond donors (Lipinski definition) is 3. The maximum Gasteiger partial charge on any atom is 0.274 e. The summed E-state index contributed by atoms with van der Waals surface area (Å²) in [6, 6.07) is 14.7. The molecule has 9 nitrogen and oxygen atoms in total. The van der Waals surface area contributed by atoms with E-state index < -0.39 is 0 Å². The van der Waals surface area contributed by atoms with E-state index in [-0.39, 0.29) is 29.7 Å². The minimum Gasteiger partial charge on any atom is -0.484 e. The van der Waals surface area contributed by atoms with Crippen molar-refractivity contribution in [1.82, 2.24) is 15.2 Å². The molecule has 0 saturated carbocycles. The van der Waals surface area contributed by atoms with Crippen LogP contribution in [0.4, 0.5) is 11.6 Å². The molecule has 0 aliphatic rings. The van der Waals surface area contributed by atoms with E-state index >= 15 is 0 Å². The molecule has 0 unspecified atom stereocenters. The fourth-order valence-corrected chi connectivity index (χ4v) is 2.49. The molecule has 0 fully saturated rings. The Morgan fingerprint density at radius 1 is 1.10 bits per heavy atom. The maximum absolute atomic E-state index is 12.1. The van der Waals surface area contributed by atoms with Gasteiger partial charge in [0.2, 0.25) is 5.95 Å². The number of ether oxygens (including phenoxy) is 1. The van der Waals surface area contributed by atoms with Gasteiger partial charge in [0.25, 0.3) is 11.5 Å². The van der Waals surface area contributed by atoms with Crippen LogP contribution in [0.3, 0.4) is 0 Å². The lowest BCUT2D eigenvalue weighted by Gasteiger charge is -2.10. The number of nitrogens with zero attached hydrogens (tertiary/aromatic N) is 3. The van der Waals surface area contributed by atoms with Crippen molar-refractivity contribution in [2.24, 2.45) is 5.10 Å². The average Bonchev–Trinajstić information content (AvgIpc) is 2.75. The second-order valence-corrected chi connectivity index (χ2v) is 6.57. The summed E-state index contributed by atoms with van der Waals surface area (Å²) >= 11 is 0. The van der Waals surface area contributed by atoms with E-state index in [1.165, 1.54) is 0 Å². The van der Waals surface area contributed by atoms with Gasteiger partial charge < -0.3 is 10.1 Å². The molecule has 1 amide bonds. The molecule has 0 atom stereocenters. The number of aromatic nitrogens is 3. The lowest BCUT2D eigenvalue weighted by Crippen LogP contribution is -2.20. The van der Waals surface area contributed by atoms with Crippen molar-refractivity contribution in [3.05, 3.63) is 75.7 Å². The first-order valence-electron chi connectivity index (χ1n) is 9.25. The monoisotopic (exact) mass is 406 g/mol. The molecule has 1 aromatic heterocycles. The summed E-state index contributed by atoms with van der Waals surface area (Å²) in [6.07, 6.45) is 0. The fourth-order valence-electron chi connectivity index (χ4n) is 2.49. The Kier molecular flexibility index (Phi) is 6.53. The first-order chi connectivity index (χ1) is 14.4. The number of hydrazone groups is 1. The third kappa shape index (κ3) is 5.51. The fraction of sp³-hybridized carbons (Fsp3) is 0.190. The zero-order chi connectivity index (χ0) is 21.5. The number of rotatable bonds is 7. The van der Waals surface area contributed by atoms with E-state index in [4.69, 9.17) is 4.74 Å². The highest BCUT2D eigenvalue weighted by molar-refractivity contribution is 5.99. The maximum atomic E-state index is 12.1. The smallest absolute Gasteiger partial charge is 0.274 e. The molecule has 0 spiro atoms. The van der Waals surface area contributed by atoms with Crippen molar-refractivity contribution >= 4 is 23.3 Å². The Bertz CT molecular complexity index is 1120. The van der Waals surface area contributed by atoms with Crippen LogP contribution in [0.25, 0.3) is 0 Å². The molecule has 3 N–H and O–H groups in total. The standard InChI is InChI=1S/C21H22N6O3/c1-13-6-4-5-7-18(13)22-19(28)12-30-17-10-8-16(9-11-17)14(2)24-26-21-23-20(29)15(3)25-27-21/h4-11H,12H2,1-3H3,(H,22,28)(H2,23,26,27,29)/b24-14-. The number of aromatic amines is 1. The van der Waals surface area contributed by atoms with Crippen LogP contribution in [-0.2, 0) is 4.79 Å². The van der Waals surface area contributed by atoms with E-state index in [9.17, 15) is 9.59 Å². The Labute approximate surface area is 173 Å². The SMILES string of the molecule is C/C(=N/Nc1nnc(C)c(=O)[nH]1)c1ccc(OCC(=O)Nc2ccccc2C)cc1. The minimum atomic E-state index is -0.326. The lowest BCUT2D eigenvalue weighted by atomic mass is 10.1. The van der Waals surface area contributed by atoms with Gasteiger partial charge in [-0.3, -0.25) is 14.6 Å². The Morgan fingerprint density at radius 2 is 1.83 bits per heavy atom. The summed E-state index contributed by atoms with van der Waals surface area (Å²) < 4.78 is 5.54. The Hall–Kier alpha value is -4.01. The van der Waals surface area contributed by atoms with Crippen molar-refractivity contribution < 1.29 is 9.53 Å². The van der Waals surface area contributed by atoms with Crippen molar-refractivity contribution in [2.75, 3.05) is 17.3 Å². The van der Waals surface area contributed by atoms with Crippen molar-refractivity contribution in [1.29, 1.82) is 0 Å². The molecule has 1 heterocycles. The zero-order valence-corrected chi connectivity index (χ0v) is 16.9. The highest BCUT2D eigenvalue weighted by Crippen LogP contribution is 2.15. The molecular weight excluding hydrogens is 384 g/mol. The van der Waals surface area contributed by atoms with Crippen LogP contribution in [0.15, 0.2) is 58.4 Å². The number of H-pyrrole nitrogens is 1. The first kappa shape index (κ1) is 20.7. The topological polar surface area (TPSA) is 121 Å². The number of benzene rings is 2. The van der Waals surface area contributed by atoms with Crippen LogP contribution in [0.2, 0.25) is 0 Å². The molecule has 30 heavy (non-hydrogen) atoms. The van der Waals surface area contributed by atoms with Gasteiger partial charge >= 0.3 is 0 Å². The van der Waals surface area contributed by atoms with E-state index in [0.29, 0.717) is 11.5 Å². The summed E-state index contributed by atoms with van der Waals surface area (Å²) in [7, 11) is 0. The summed E-state index contributed by atoms with van der Waals surface area (Å²) in [5.41, 5.74) is 5.88. The molecule has 2 aromatic carbocycles. The second-order valence-electron chi connectivity index (χ2n) is 6.57. The number of amides is 1. The van der Waals surface area contributed by atoms with E-state index in [1.54, 1.807) is 26.0 Å². The number of nitrogens with one attached hydrogen (secondary N) is 3. The van der Waals surface area contributed by atoms with Crippen molar-refractivity contribution in [2.45, 2.75) is 20.8 Å². The number of hydrogen-bond acceptors (Lipinski definition) is 7. The van der Waals surface area contributed by atoms with Gasteiger partial charge in [-0.1, -0.05) is 18.2 Å². The van der Waals surface area contributed by atoms with Crippen LogP contribution in [-0.4, -0.2) is 33.4 Å². The summed E-state index contributed by atoms with van der Waals surface area (Å²) in [4.78, 5) is 26.1. The van der Waals surface area contributed by atoms with Gasteiger partial charge in [-0.25, -0.2) is 5.43 Å². The molecule has 154 valence electrons. The predicted octanol–water partition coefficient (Wildman–Crippen LogP) is 2.64. The number of anilines is 2. The van der Waals surface area contributed by atoms with E-state index in [0.717, 1.165) is 16.8 Å². The average molecular weight is 406 g/mol. The second kappa shape index (κ2) is 9.46. The third-order valence-corrected chi connectivity index (χ3v) is 4.25. The third-order valence-electron chi connectivity index (χ3n) is 4.25. The molecule has 0 radical (unpaired) electrons. The van der Waals surface area contributed by atoms with Gasteiger partial charge in [0.15, 0.2) is 6.61 Å².